The number of imidazole rings is 1. The van der Waals surface area contributed by atoms with Gasteiger partial charge in [-0.1, -0.05) is 129 Å². The molecule has 268 valence electrons. The first kappa shape index (κ1) is 33.5. The van der Waals surface area contributed by atoms with E-state index in [-0.39, 0.29) is 5.41 Å². The molecule has 10 rings (SSSR count). The molecule has 0 N–H and O–H groups in total. The molecule has 7 aromatic carbocycles. The van der Waals surface area contributed by atoms with Gasteiger partial charge in [0.05, 0.1) is 11.0 Å². The highest BCUT2D eigenvalue weighted by Gasteiger charge is 2.27. The van der Waals surface area contributed by atoms with E-state index in [9.17, 15) is 0 Å². The van der Waals surface area contributed by atoms with Crippen molar-refractivity contribution in [3.63, 3.8) is 0 Å². The number of aryl methyl sites for hydroxylation is 1. The molecule has 4 nitrogen and oxygen atoms in total. The summed E-state index contributed by atoms with van der Waals surface area (Å²) in [5, 5.41) is 2.42. The van der Waals surface area contributed by atoms with E-state index in [4.69, 9.17) is 4.98 Å². The predicted octanol–water partition coefficient (Wildman–Crippen LogP) is 13.1. The third-order valence-corrected chi connectivity index (χ3v) is 11.5. The van der Waals surface area contributed by atoms with Crippen LogP contribution in [0.5, 0.6) is 0 Å². The average molecular weight is 722 g/mol. The van der Waals surface area contributed by atoms with E-state index in [0.29, 0.717) is 0 Å². The molecule has 0 aliphatic carbocycles. The minimum Gasteiger partial charge on any atom is -0.294 e. The van der Waals surface area contributed by atoms with E-state index < -0.39 is 0 Å². The minimum absolute atomic E-state index is 0.287. The van der Waals surface area contributed by atoms with Crippen LogP contribution in [-0.2, 0) is 12.5 Å². The van der Waals surface area contributed by atoms with Crippen molar-refractivity contribution in [2.24, 2.45) is 7.05 Å². The second-order valence-electron chi connectivity index (χ2n) is 15.2. The summed E-state index contributed by atoms with van der Waals surface area (Å²) < 4.78 is 6.82. The van der Waals surface area contributed by atoms with Gasteiger partial charge in [-0.15, -0.1) is 0 Å². The zero-order valence-electron chi connectivity index (χ0n) is 31.8. The topological polar surface area (TPSA) is 27.7 Å². The van der Waals surface area contributed by atoms with E-state index >= 15 is 0 Å². The first-order valence-electron chi connectivity index (χ1n) is 19.3. The number of nitrogens with zero attached hydrogens (tertiary/aromatic N) is 4. The van der Waals surface area contributed by atoms with Crippen molar-refractivity contribution in [2.75, 3.05) is 0 Å². The largest absolute Gasteiger partial charge is 0.294 e. The zero-order valence-corrected chi connectivity index (χ0v) is 31.8. The van der Waals surface area contributed by atoms with Crippen LogP contribution in [-0.4, -0.2) is 18.7 Å². The van der Waals surface area contributed by atoms with E-state index in [2.05, 4.69) is 223 Å². The molecule has 0 fully saturated rings. The van der Waals surface area contributed by atoms with Gasteiger partial charge in [-0.05, 0) is 87.0 Å². The Labute approximate surface area is 327 Å². The third-order valence-electron chi connectivity index (χ3n) is 11.5. The lowest BCUT2D eigenvalue weighted by molar-refractivity contribution is 0.641. The molecule has 0 aliphatic rings. The Kier molecular flexibility index (Phi) is 8.00. The van der Waals surface area contributed by atoms with E-state index in [1.807, 2.05) is 6.20 Å². The van der Waals surface area contributed by atoms with Crippen LogP contribution in [0.25, 0.3) is 77.7 Å². The zero-order chi connectivity index (χ0) is 37.8. The number of hydrogen-bond acceptors (Lipinski definition) is 1. The summed E-state index contributed by atoms with van der Waals surface area (Å²) in [6, 6.07) is 65.7. The highest BCUT2D eigenvalue weighted by Crippen LogP contribution is 2.42. The Bertz CT molecular complexity index is 3000. The van der Waals surface area contributed by atoms with Crippen molar-refractivity contribution in [1.82, 2.24) is 18.7 Å². The van der Waals surface area contributed by atoms with Gasteiger partial charge in [-0.3, -0.25) is 4.57 Å². The van der Waals surface area contributed by atoms with Gasteiger partial charge in [0.15, 0.2) is 17.4 Å². The van der Waals surface area contributed by atoms with Gasteiger partial charge in [0.1, 0.15) is 11.5 Å². The molecule has 0 bridgehead atoms. The summed E-state index contributed by atoms with van der Waals surface area (Å²) in [6.45, 7) is 4.66. The maximum Gasteiger partial charge on any atom is 0.191 e. The highest BCUT2D eigenvalue weighted by atomic mass is 15.1. The minimum atomic E-state index is -0.287. The summed E-state index contributed by atoms with van der Waals surface area (Å²) in [7, 11) is 2.11. The second kappa shape index (κ2) is 13.4. The van der Waals surface area contributed by atoms with Crippen molar-refractivity contribution in [2.45, 2.75) is 19.3 Å². The molecule has 0 spiro atoms. The lowest BCUT2D eigenvalue weighted by Gasteiger charge is -2.26. The van der Waals surface area contributed by atoms with Crippen molar-refractivity contribution >= 4 is 32.8 Å². The average Bonchev–Trinajstić information content (AvgIpc) is 3.78. The summed E-state index contributed by atoms with van der Waals surface area (Å²) in [5.41, 5.74) is 15.1. The first-order chi connectivity index (χ1) is 27.5. The Morgan fingerprint density at radius 2 is 1.09 bits per heavy atom. The van der Waals surface area contributed by atoms with Gasteiger partial charge in [0.2, 0.25) is 0 Å². The smallest absolute Gasteiger partial charge is 0.191 e. The first-order valence-corrected chi connectivity index (χ1v) is 19.3. The number of aromatic nitrogens is 4. The molecule has 0 saturated carbocycles. The third kappa shape index (κ3) is 5.53. The molecule has 56 heavy (non-hydrogen) atoms. The van der Waals surface area contributed by atoms with Crippen LogP contribution < -0.4 is 0 Å². The molecule has 10 aromatic rings. The SMILES string of the molecule is Cn1[cH+]n(-c2cccc(C(C)(C)c3ccc4c5ccccc5n(-c5cc(-c6c(-c7ccccc7)cccc6-c6ccccc6)ccn5)c4c3)c2)c2ccccc21. The van der Waals surface area contributed by atoms with Gasteiger partial charge in [-0.2, -0.15) is 4.57 Å². The van der Waals surface area contributed by atoms with Gasteiger partial charge >= 0.3 is 0 Å². The summed E-state index contributed by atoms with van der Waals surface area (Å²) in [6.07, 6.45) is 4.13. The number of para-hydroxylation sites is 3. The van der Waals surface area contributed by atoms with Crippen molar-refractivity contribution < 1.29 is 0 Å². The van der Waals surface area contributed by atoms with E-state index in [1.54, 1.807) is 0 Å². The molecule has 3 aromatic heterocycles. The molecule has 0 atom stereocenters. The van der Waals surface area contributed by atoms with Gasteiger partial charge in [0.25, 0.3) is 0 Å². The second-order valence-corrected chi connectivity index (χ2v) is 15.2. The molecule has 4 heteroatoms. The van der Waals surface area contributed by atoms with Crippen molar-refractivity contribution in [1.29, 1.82) is 0 Å². The Hall–Kier alpha value is -7.04. The molecule has 0 saturated heterocycles. The normalized spacial score (nSPS) is 11.8. The monoisotopic (exact) mass is 721 g/mol. The Morgan fingerprint density at radius 3 is 1.82 bits per heavy atom. The van der Waals surface area contributed by atoms with Crippen LogP contribution in [0.4, 0.5) is 0 Å². The van der Waals surface area contributed by atoms with Crippen LogP contribution in [0.1, 0.15) is 25.0 Å². The quantitative estimate of drug-likeness (QED) is 0.151. The molecular formula is C52H41N4+. The van der Waals surface area contributed by atoms with Crippen LogP contribution in [0, 0.1) is 0 Å². The molecule has 3 heterocycles. The predicted molar refractivity (Wildman–Crippen MR) is 234 cm³/mol. The summed E-state index contributed by atoms with van der Waals surface area (Å²) >= 11 is 0. The van der Waals surface area contributed by atoms with Gasteiger partial charge < -0.3 is 0 Å². The van der Waals surface area contributed by atoms with E-state index in [1.165, 1.54) is 60.8 Å². The molecule has 0 unspecified atom stereocenters. The molecular weight excluding hydrogens is 681 g/mol. The summed E-state index contributed by atoms with van der Waals surface area (Å²) in [4.78, 5) is 5.09. The lowest BCUT2D eigenvalue weighted by atomic mass is 9.77. The number of pyridine rings is 1. The number of rotatable bonds is 7. The van der Waals surface area contributed by atoms with Crippen molar-refractivity contribution in [3.8, 4) is 44.9 Å². The van der Waals surface area contributed by atoms with Gasteiger partial charge in [0, 0.05) is 53.7 Å². The Balaban J connectivity index is 1.14. The van der Waals surface area contributed by atoms with Crippen molar-refractivity contribution in [3.05, 3.63) is 206 Å². The molecule has 0 aliphatic heterocycles. The van der Waals surface area contributed by atoms with E-state index in [0.717, 1.165) is 28.1 Å². The maximum atomic E-state index is 5.09. The summed E-state index contributed by atoms with van der Waals surface area (Å²) in [5.74, 6) is 0.889. The van der Waals surface area contributed by atoms with Crippen LogP contribution in [0.15, 0.2) is 195 Å². The highest BCUT2D eigenvalue weighted by molar-refractivity contribution is 6.09. The lowest BCUT2D eigenvalue weighted by Crippen LogP contribution is -2.19. The van der Waals surface area contributed by atoms with Gasteiger partial charge in [-0.25, -0.2) is 9.55 Å². The fraction of sp³-hybridized carbons (Fsp3) is 0.0769. The molecule has 0 radical (unpaired) electrons. The van der Waals surface area contributed by atoms with Crippen LogP contribution in [0.3, 0.4) is 0 Å². The Morgan fingerprint density at radius 1 is 0.482 bits per heavy atom. The number of benzene rings is 7. The number of fused-ring (bicyclic) bond motifs is 4. The molecule has 0 amide bonds. The number of hydrogen-bond donors (Lipinski definition) is 0. The van der Waals surface area contributed by atoms with Crippen LogP contribution >= 0.6 is 0 Å². The standard InChI is InChI=1S/C52H41N4/c1-52(2,39-20-14-21-41(33-39)55-35-54(3)47-26-12-13-27-48(47)55)40-28-29-45-44-22-10-11-25-46(44)56(49(45)34-40)50-32-38(30-31-53-50)51-42(36-16-6-4-7-17-36)23-15-24-43(51)37-18-8-5-9-19-37/h4-35H,1-3H3/q+1. The fourth-order valence-electron chi connectivity index (χ4n) is 8.56. The van der Waals surface area contributed by atoms with Crippen LogP contribution in [0.2, 0.25) is 0 Å². The maximum absolute atomic E-state index is 5.09. The fourth-order valence-corrected chi connectivity index (χ4v) is 8.56.